The number of thiazole rings is 1. The number of hydrogen-bond acceptors (Lipinski definition) is 7. The molecule has 3 aromatic heterocycles. The van der Waals surface area contributed by atoms with Crippen LogP contribution < -0.4 is 0 Å². The first-order valence-electron chi connectivity index (χ1n) is 8.76. The van der Waals surface area contributed by atoms with E-state index >= 15 is 0 Å². The summed E-state index contributed by atoms with van der Waals surface area (Å²) in [6.45, 7) is 1.08. The standard InChI is InChI=1S/C18H19N3O4S3/c1-20-9-15(28(23,24)21-5-2-3-6-21)8-16(20)18(22)25-10-14-12-27-17(19-14)13-4-7-26-11-13/h4,7-9,11-12H,2-3,5-6,10H2,1H3. The van der Waals surface area contributed by atoms with Gasteiger partial charge in [-0.15, -0.1) is 11.3 Å². The summed E-state index contributed by atoms with van der Waals surface area (Å²) >= 11 is 3.09. The highest BCUT2D eigenvalue weighted by Crippen LogP contribution is 2.26. The fourth-order valence-electron chi connectivity index (χ4n) is 3.06. The second-order valence-electron chi connectivity index (χ2n) is 6.52. The van der Waals surface area contributed by atoms with Gasteiger partial charge in [0.05, 0.1) is 5.69 Å². The van der Waals surface area contributed by atoms with E-state index in [1.165, 1.54) is 32.5 Å². The lowest BCUT2D eigenvalue weighted by Gasteiger charge is -2.13. The van der Waals surface area contributed by atoms with E-state index < -0.39 is 16.0 Å². The van der Waals surface area contributed by atoms with Crippen molar-refractivity contribution in [3.63, 3.8) is 0 Å². The number of thiophene rings is 1. The molecule has 0 spiro atoms. The average Bonchev–Trinajstić information content (AvgIpc) is 3.46. The Morgan fingerprint density at radius 2 is 2.07 bits per heavy atom. The highest BCUT2D eigenvalue weighted by molar-refractivity contribution is 7.89. The summed E-state index contributed by atoms with van der Waals surface area (Å²) in [5.74, 6) is -0.574. The van der Waals surface area contributed by atoms with E-state index in [0.717, 1.165) is 23.4 Å². The van der Waals surface area contributed by atoms with Gasteiger partial charge >= 0.3 is 5.97 Å². The van der Waals surface area contributed by atoms with E-state index in [1.54, 1.807) is 18.4 Å². The van der Waals surface area contributed by atoms with E-state index in [0.29, 0.717) is 18.8 Å². The molecule has 148 valence electrons. The number of carbonyl (C=O) groups is 1. The lowest BCUT2D eigenvalue weighted by molar-refractivity contribution is 0.0457. The molecule has 10 heteroatoms. The Balaban J connectivity index is 1.45. The van der Waals surface area contributed by atoms with Gasteiger partial charge in [0.15, 0.2) is 0 Å². The first-order valence-corrected chi connectivity index (χ1v) is 12.0. The van der Waals surface area contributed by atoms with Crippen molar-refractivity contribution in [3.05, 3.63) is 45.9 Å². The third-order valence-corrected chi connectivity index (χ3v) is 8.05. The maximum absolute atomic E-state index is 12.7. The van der Waals surface area contributed by atoms with Crippen molar-refractivity contribution < 1.29 is 17.9 Å². The maximum atomic E-state index is 12.7. The lowest BCUT2D eigenvalue weighted by Crippen LogP contribution is -2.27. The first kappa shape index (κ1) is 19.3. The van der Waals surface area contributed by atoms with Gasteiger partial charge in [-0.2, -0.15) is 15.6 Å². The van der Waals surface area contributed by atoms with E-state index in [-0.39, 0.29) is 17.2 Å². The van der Waals surface area contributed by atoms with Crippen molar-refractivity contribution in [3.8, 4) is 10.6 Å². The van der Waals surface area contributed by atoms with Crippen LogP contribution in [0.25, 0.3) is 10.6 Å². The number of carbonyl (C=O) groups excluding carboxylic acids is 1. The van der Waals surface area contributed by atoms with Crippen molar-refractivity contribution in [1.82, 2.24) is 13.9 Å². The van der Waals surface area contributed by atoms with Crippen LogP contribution in [-0.4, -0.2) is 41.3 Å². The normalized spacial score (nSPS) is 15.2. The fraction of sp³-hybridized carbons (Fsp3) is 0.333. The molecule has 4 rings (SSSR count). The summed E-state index contributed by atoms with van der Waals surface area (Å²) in [4.78, 5) is 17.1. The second-order valence-corrected chi connectivity index (χ2v) is 10.1. The third-order valence-electron chi connectivity index (χ3n) is 4.56. The largest absolute Gasteiger partial charge is 0.454 e. The number of aryl methyl sites for hydroxylation is 1. The third kappa shape index (κ3) is 3.77. The Labute approximate surface area is 171 Å². The molecule has 0 saturated carbocycles. The zero-order chi connectivity index (χ0) is 19.7. The molecule has 0 amide bonds. The zero-order valence-electron chi connectivity index (χ0n) is 15.2. The molecular weight excluding hydrogens is 418 g/mol. The zero-order valence-corrected chi connectivity index (χ0v) is 17.6. The number of esters is 1. The molecule has 1 aliphatic heterocycles. The molecule has 0 radical (unpaired) electrons. The SMILES string of the molecule is Cn1cc(S(=O)(=O)N2CCCC2)cc1C(=O)OCc1csc(-c2ccsc2)n1. The molecule has 28 heavy (non-hydrogen) atoms. The minimum atomic E-state index is -3.57. The number of rotatable bonds is 6. The molecule has 1 aliphatic rings. The summed E-state index contributed by atoms with van der Waals surface area (Å²) in [6, 6.07) is 3.37. The van der Waals surface area contributed by atoms with Crippen molar-refractivity contribution >= 4 is 38.7 Å². The highest BCUT2D eigenvalue weighted by atomic mass is 32.2. The predicted octanol–water partition coefficient (Wildman–Crippen LogP) is 3.35. The van der Waals surface area contributed by atoms with Gasteiger partial charge in [0.2, 0.25) is 10.0 Å². The summed E-state index contributed by atoms with van der Waals surface area (Å²) in [6.07, 6.45) is 3.19. The van der Waals surface area contributed by atoms with Crippen LogP contribution >= 0.6 is 22.7 Å². The van der Waals surface area contributed by atoms with E-state index in [9.17, 15) is 13.2 Å². The minimum absolute atomic E-state index is 0.0405. The average molecular weight is 438 g/mol. The lowest BCUT2D eigenvalue weighted by atomic mass is 10.4. The van der Waals surface area contributed by atoms with Crippen LogP contribution in [0.1, 0.15) is 29.0 Å². The Bertz CT molecular complexity index is 1080. The van der Waals surface area contributed by atoms with Gasteiger partial charge < -0.3 is 9.30 Å². The molecule has 0 bridgehead atoms. The van der Waals surface area contributed by atoms with Crippen LogP contribution in [0.3, 0.4) is 0 Å². The molecule has 7 nitrogen and oxygen atoms in total. The number of nitrogens with zero attached hydrogens (tertiary/aromatic N) is 3. The van der Waals surface area contributed by atoms with Gasteiger partial charge in [0, 0.05) is 42.7 Å². The molecule has 1 saturated heterocycles. The monoisotopic (exact) mass is 437 g/mol. The maximum Gasteiger partial charge on any atom is 0.355 e. The molecular formula is C18H19N3O4S3. The van der Waals surface area contributed by atoms with Crippen molar-refractivity contribution in [1.29, 1.82) is 0 Å². The molecule has 0 aromatic carbocycles. The molecule has 0 unspecified atom stereocenters. The van der Waals surface area contributed by atoms with E-state index in [1.807, 2.05) is 22.2 Å². The van der Waals surface area contributed by atoms with Crippen LogP contribution in [0, 0.1) is 0 Å². The number of sulfonamides is 1. The van der Waals surface area contributed by atoms with Crippen LogP contribution in [-0.2, 0) is 28.4 Å². The predicted molar refractivity (Wildman–Crippen MR) is 108 cm³/mol. The molecule has 1 fully saturated rings. The Kier molecular flexibility index (Phi) is 5.37. The smallest absolute Gasteiger partial charge is 0.355 e. The van der Waals surface area contributed by atoms with Gasteiger partial charge in [0.1, 0.15) is 22.2 Å². The van der Waals surface area contributed by atoms with Crippen molar-refractivity contribution in [2.75, 3.05) is 13.1 Å². The Morgan fingerprint density at radius 3 is 2.79 bits per heavy atom. The second kappa shape index (κ2) is 7.78. The van der Waals surface area contributed by atoms with Crippen molar-refractivity contribution in [2.45, 2.75) is 24.3 Å². The summed E-state index contributed by atoms with van der Waals surface area (Å²) < 4.78 is 33.6. The van der Waals surface area contributed by atoms with Crippen LogP contribution in [0.5, 0.6) is 0 Å². The van der Waals surface area contributed by atoms with Crippen LogP contribution in [0.4, 0.5) is 0 Å². The molecule has 0 atom stereocenters. The Morgan fingerprint density at radius 1 is 1.29 bits per heavy atom. The molecule has 0 N–H and O–H groups in total. The minimum Gasteiger partial charge on any atom is -0.454 e. The fourth-order valence-corrected chi connectivity index (χ4v) is 6.17. The summed E-state index contributed by atoms with van der Waals surface area (Å²) in [7, 11) is -1.93. The first-order chi connectivity index (χ1) is 13.4. The quantitative estimate of drug-likeness (QED) is 0.553. The summed E-state index contributed by atoms with van der Waals surface area (Å²) in [5.41, 5.74) is 1.91. The van der Waals surface area contributed by atoms with Gasteiger partial charge in [-0.3, -0.25) is 0 Å². The number of ether oxygens (including phenoxy) is 1. The number of aromatic nitrogens is 2. The van der Waals surface area contributed by atoms with Gasteiger partial charge in [-0.1, -0.05) is 0 Å². The van der Waals surface area contributed by atoms with E-state index in [2.05, 4.69) is 4.98 Å². The van der Waals surface area contributed by atoms with Gasteiger partial charge in [-0.25, -0.2) is 18.2 Å². The summed E-state index contributed by atoms with van der Waals surface area (Å²) in [5, 5.41) is 6.74. The number of hydrogen-bond donors (Lipinski definition) is 0. The molecule has 4 heterocycles. The van der Waals surface area contributed by atoms with Crippen molar-refractivity contribution in [2.24, 2.45) is 7.05 Å². The van der Waals surface area contributed by atoms with Gasteiger partial charge in [0.25, 0.3) is 0 Å². The van der Waals surface area contributed by atoms with E-state index in [4.69, 9.17) is 4.74 Å². The van der Waals surface area contributed by atoms with Crippen LogP contribution in [0.15, 0.2) is 39.4 Å². The highest BCUT2D eigenvalue weighted by Gasteiger charge is 2.29. The van der Waals surface area contributed by atoms with Crippen LogP contribution in [0.2, 0.25) is 0 Å². The Hall–Kier alpha value is -2.01. The topological polar surface area (TPSA) is 81.5 Å². The molecule has 3 aromatic rings. The molecule has 0 aliphatic carbocycles. The van der Waals surface area contributed by atoms with Gasteiger partial charge in [-0.05, 0) is 30.4 Å².